The van der Waals surface area contributed by atoms with Crippen molar-refractivity contribution in [2.45, 2.75) is 26.2 Å². The molecule has 0 N–H and O–H groups in total. The van der Waals surface area contributed by atoms with Crippen LogP contribution < -0.4 is 0 Å². The van der Waals surface area contributed by atoms with Crippen LogP contribution in [0.4, 0.5) is 5.69 Å². The van der Waals surface area contributed by atoms with Gasteiger partial charge in [-0.2, -0.15) is 10.5 Å². The number of rotatable bonds is 5. The highest BCUT2D eigenvalue weighted by Crippen LogP contribution is 2.40. The molecule has 0 amide bonds. The maximum absolute atomic E-state index is 12.6. The summed E-state index contributed by atoms with van der Waals surface area (Å²) < 4.78 is 5.12. The molecule has 8 nitrogen and oxygen atoms in total. The average Bonchev–Trinajstić information content (AvgIpc) is 2.61. The number of nitrogens with zero attached hydrogens (tertiary/aromatic N) is 4. The number of ether oxygens (including phenoxy) is 1. The number of esters is 1. The number of carbonyl (C=O) groups excluding carboxylic acids is 1. The summed E-state index contributed by atoms with van der Waals surface area (Å²) in [6.07, 6.45) is 0.0452. The Kier molecular flexibility index (Phi) is 5.82. The third-order valence-electron chi connectivity index (χ3n) is 4.07. The van der Waals surface area contributed by atoms with Gasteiger partial charge in [0.25, 0.3) is 5.69 Å². The standard InChI is InChI=1S/C18H16N4O4/c1-11-15(10-20)17(13-5-3-6-14(9-13)22(24)25)16(12(2)21-11)18(23)26-8-4-7-19/h3,5-6,9,15,17H,4,8H2,1-2H3. The third kappa shape index (κ3) is 3.76. The lowest BCUT2D eigenvalue weighted by molar-refractivity contribution is -0.384. The highest BCUT2D eigenvalue weighted by atomic mass is 16.6. The zero-order valence-corrected chi connectivity index (χ0v) is 14.3. The van der Waals surface area contributed by atoms with Crippen LogP contribution in [0.2, 0.25) is 0 Å². The molecule has 8 heteroatoms. The first-order chi connectivity index (χ1) is 12.4. The number of hydrogen-bond acceptors (Lipinski definition) is 7. The Labute approximate surface area is 150 Å². The molecular formula is C18H16N4O4. The summed E-state index contributed by atoms with van der Waals surface area (Å²) in [4.78, 5) is 27.4. The quantitative estimate of drug-likeness (QED) is 0.346. The first-order valence-corrected chi connectivity index (χ1v) is 7.84. The van der Waals surface area contributed by atoms with Gasteiger partial charge in [0.1, 0.15) is 6.61 Å². The van der Waals surface area contributed by atoms with Crippen molar-refractivity contribution < 1.29 is 14.5 Å². The zero-order valence-electron chi connectivity index (χ0n) is 14.3. The maximum Gasteiger partial charge on any atom is 0.336 e. The Morgan fingerprint density at radius 2 is 2.12 bits per heavy atom. The molecule has 1 aromatic rings. The number of nitriles is 2. The second-order valence-electron chi connectivity index (χ2n) is 5.73. The van der Waals surface area contributed by atoms with Crippen LogP contribution in [0.3, 0.4) is 0 Å². The van der Waals surface area contributed by atoms with Gasteiger partial charge in [-0.1, -0.05) is 12.1 Å². The summed E-state index contributed by atoms with van der Waals surface area (Å²) in [6, 6.07) is 9.85. The molecule has 0 saturated carbocycles. The minimum atomic E-state index is -0.751. The van der Waals surface area contributed by atoms with Crippen molar-refractivity contribution in [2.75, 3.05) is 6.61 Å². The average molecular weight is 352 g/mol. The predicted octanol–water partition coefficient (Wildman–Crippen LogP) is 3.02. The van der Waals surface area contributed by atoms with Crippen LogP contribution in [-0.2, 0) is 9.53 Å². The van der Waals surface area contributed by atoms with Gasteiger partial charge < -0.3 is 4.74 Å². The molecule has 0 bridgehead atoms. The second-order valence-corrected chi connectivity index (χ2v) is 5.73. The molecule has 26 heavy (non-hydrogen) atoms. The van der Waals surface area contributed by atoms with E-state index in [1.54, 1.807) is 19.9 Å². The van der Waals surface area contributed by atoms with Gasteiger partial charge in [-0.3, -0.25) is 15.1 Å². The number of allylic oxidation sites excluding steroid dienone is 1. The lowest BCUT2D eigenvalue weighted by Crippen LogP contribution is -2.29. The van der Waals surface area contributed by atoms with Crippen LogP contribution in [0.15, 0.2) is 40.5 Å². The minimum absolute atomic E-state index is 0.0452. The maximum atomic E-state index is 12.6. The minimum Gasteiger partial charge on any atom is -0.461 e. The van der Waals surface area contributed by atoms with E-state index < -0.39 is 22.7 Å². The van der Waals surface area contributed by atoms with Crippen molar-refractivity contribution in [1.82, 2.24) is 0 Å². The Hall–Kier alpha value is -3.52. The van der Waals surface area contributed by atoms with Gasteiger partial charge in [-0.15, -0.1) is 0 Å². The lowest BCUT2D eigenvalue weighted by atomic mass is 9.76. The largest absolute Gasteiger partial charge is 0.461 e. The molecule has 0 radical (unpaired) electrons. The zero-order chi connectivity index (χ0) is 19.3. The van der Waals surface area contributed by atoms with Gasteiger partial charge >= 0.3 is 5.97 Å². The van der Waals surface area contributed by atoms with E-state index in [9.17, 15) is 20.2 Å². The second kappa shape index (κ2) is 8.04. The summed E-state index contributed by atoms with van der Waals surface area (Å²) in [7, 11) is 0. The SMILES string of the molecule is CC1=NC(C)=C(C(=O)OCCC#N)C(c2cccc([N+](=O)[O-])c2)C1C#N. The highest BCUT2D eigenvalue weighted by molar-refractivity contribution is 5.98. The number of nitro benzene ring substituents is 1. The van der Waals surface area contributed by atoms with Crippen LogP contribution in [0, 0.1) is 38.7 Å². The molecule has 2 atom stereocenters. The summed E-state index contributed by atoms with van der Waals surface area (Å²) in [5, 5.41) is 29.3. The third-order valence-corrected chi connectivity index (χ3v) is 4.07. The summed E-state index contributed by atoms with van der Waals surface area (Å²) in [6.45, 7) is 3.23. The van der Waals surface area contributed by atoms with Gasteiger partial charge in [0.2, 0.25) is 0 Å². The van der Waals surface area contributed by atoms with E-state index >= 15 is 0 Å². The normalized spacial score (nSPS) is 19.2. The summed E-state index contributed by atoms with van der Waals surface area (Å²) in [5.41, 5.74) is 1.43. The molecule has 0 aliphatic carbocycles. The molecule has 0 spiro atoms. The van der Waals surface area contributed by atoms with Gasteiger partial charge in [0.05, 0.1) is 35.0 Å². The van der Waals surface area contributed by atoms with Crippen molar-refractivity contribution in [3.05, 3.63) is 51.2 Å². The molecule has 0 aromatic heterocycles. The van der Waals surface area contributed by atoms with Crippen LogP contribution >= 0.6 is 0 Å². The molecule has 1 aromatic carbocycles. The molecule has 1 aliphatic rings. The first-order valence-electron chi connectivity index (χ1n) is 7.84. The van der Waals surface area contributed by atoms with E-state index in [2.05, 4.69) is 11.1 Å². The smallest absolute Gasteiger partial charge is 0.336 e. The van der Waals surface area contributed by atoms with Crippen molar-refractivity contribution in [3.63, 3.8) is 0 Å². The van der Waals surface area contributed by atoms with Crippen molar-refractivity contribution in [1.29, 1.82) is 10.5 Å². The van der Waals surface area contributed by atoms with E-state index in [0.717, 1.165) is 0 Å². The molecule has 2 unspecified atom stereocenters. The van der Waals surface area contributed by atoms with Crippen LogP contribution in [0.25, 0.3) is 0 Å². The fraction of sp³-hybridized carbons (Fsp3) is 0.333. The Morgan fingerprint density at radius 1 is 1.38 bits per heavy atom. The summed E-state index contributed by atoms with van der Waals surface area (Å²) in [5.74, 6) is -2.16. The number of non-ortho nitro benzene ring substituents is 1. The Bertz CT molecular complexity index is 889. The van der Waals surface area contributed by atoms with Gasteiger partial charge in [-0.05, 0) is 19.4 Å². The van der Waals surface area contributed by atoms with E-state index in [1.807, 2.05) is 6.07 Å². The molecule has 1 aliphatic heterocycles. The van der Waals surface area contributed by atoms with Crippen molar-refractivity contribution >= 4 is 17.4 Å². The van der Waals surface area contributed by atoms with Crippen LogP contribution in [0.5, 0.6) is 0 Å². The lowest BCUT2D eigenvalue weighted by Gasteiger charge is -2.28. The number of aliphatic imine (C=N–C) groups is 1. The van der Waals surface area contributed by atoms with E-state index in [-0.39, 0.29) is 24.3 Å². The molecular weight excluding hydrogens is 336 g/mol. The Balaban J connectivity index is 2.54. The fourth-order valence-electron chi connectivity index (χ4n) is 2.93. The van der Waals surface area contributed by atoms with E-state index in [1.165, 1.54) is 18.2 Å². The van der Waals surface area contributed by atoms with E-state index in [4.69, 9.17) is 10.00 Å². The first kappa shape index (κ1) is 18.8. The topological polar surface area (TPSA) is 129 Å². The number of carbonyl (C=O) groups is 1. The fourth-order valence-corrected chi connectivity index (χ4v) is 2.93. The molecule has 1 heterocycles. The summed E-state index contributed by atoms with van der Waals surface area (Å²) >= 11 is 0. The van der Waals surface area contributed by atoms with Crippen LogP contribution in [0.1, 0.15) is 31.7 Å². The highest BCUT2D eigenvalue weighted by Gasteiger charge is 2.38. The van der Waals surface area contributed by atoms with Crippen molar-refractivity contribution in [2.24, 2.45) is 10.9 Å². The molecule has 0 fully saturated rings. The molecule has 132 valence electrons. The monoisotopic (exact) mass is 352 g/mol. The molecule has 0 saturated heterocycles. The number of nitro groups is 1. The van der Waals surface area contributed by atoms with Crippen LogP contribution in [-0.4, -0.2) is 23.2 Å². The van der Waals surface area contributed by atoms with Gasteiger partial charge in [0, 0.05) is 29.5 Å². The number of hydrogen-bond donors (Lipinski definition) is 0. The van der Waals surface area contributed by atoms with E-state index in [0.29, 0.717) is 17.0 Å². The van der Waals surface area contributed by atoms with Gasteiger partial charge in [-0.25, -0.2) is 4.79 Å². The van der Waals surface area contributed by atoms with Crippen molar-refractivity contribution in [3.8, 4) is 12.1 Å². The number of benzene rings is 1. The van der Waals surface area contributed by atoms with Gasteiger partial charge in [0.15, 0.2) is 0 Å². The molecule has 2 rings (SSSR count). The predicted molar refractivity (Wildman–Crippen MR) is 91.9 cm³/mol. The Morgan fingerprint density at radius 3 is 2.73 bits per heavy atom.